The van der Waals surface area contributed by atoms with E-state index in [9.17, 15) is 0 Å². The van der Waals surface area contributed by atoms with Crippen LogP contribution in [0, 0.1) is 13.8 Å². The van der Waals surface area contributed by atoms with E-state index in [2.05, 4.69) is 61.9 Å². The molecule has 0 fully saturated rings. The molecule has 0 saturated carbocycles. The van der Waals surface area contributed by atoms with Gasteiger partial charge in [-0.15, -0.1) is 0 Å². The molecule has 2 rings (SSSR count). The first-order valence-corrected chi connectivity index (χ1v) is 9.57. The van der Waals surface area contributed by atoms with Gasteiger partial charge in [0.25, 0.3) is 0 Å². The van der Waals surface area contributed by atoms with E-state index in [1.807, 2.05) is 25.5 Å². The van der Waals surface area contributed by atoms with Gasteiger partial charge in [-0.05, 0) is 61.2 Å². The van der Waals surface area contributed by atoms with E-state index in [0.717, 1.165) is 41.3 Å². The van der Waals surface area contributed by atoms with E-state index in [0.29, 0.717) is 12.5 Å². The van der Waals surface area contributed by atoms with Crippen LogP contribution in [0.1, 0.15) is 42.9 Å². The quantitative estimate of drug-likeness (QED) is 0.411. The van der Waals surface area contributed by atoms with Gasteiger partial charge in [0.2, 0.25) is 0 Å². The number of aryl methyl sites for hydroxylation is 2. The molecule has 0 aliphatic carbocycles. The Morgan fingerprint density at radius 1 is 1.15 bits per heavy atom. The van der Waals surface area contributed by atoms with Crippen LogP contribution in [0.3, 0.4) is 0 Å². The van der Waals surface area contributed by atoms with Gasteiger partial charge in [-0.3, -0.25) is 0 Å². The van der Waals surface area contributed by atoms with Crippen LogP contribution in [0.5, 0.6) is 11.5 Å². The first kappa shape index (κ1) is 21.0. The summed E-state index contributed by atoms with van der Waals surface area (Å²) < 4.78 is 11.4. The highest BCUT2D eigenvalue weighted by Gasteiger charge is 2.09. The third kappa shape index (κ3) is 6.10. The zero-order chi connectivity index (χ0) is 19.8. The van der Waals surface area contributed by atoms with Crippen molar-refractivity contribution in [2.24, 2.45) is 4.99 Å². The molecular formula is C23H32N2O2. The largest absolute Gasteiger partial charge is 0.457 e. The number of benzene rings is 2. The van der Waals surface area contributed by atoms with Crippen LogP contribution in [0.2, 0.25) is 0 Å². The fourth-order valence-electron chi connectivity index (χ4n) is 2.95. The maximum Gasteiger partial charge on any atom is 0.130 e. The number of rotatable bonds is 9. The van der Waals surface area contributed by atoms with Crippen LogP contribution < -0.4 is 4.74 Å². The fraction of sp³-hybridized carbons (Fsp3) is 0.435. The SMILES string of the molecule is CCCN(C)C=Nc1cc(C)c(Oc2cccc(C(C)COC)c2)cc1C. The van der Waals surface area contributed by atoms with Crippen molar-refractivity contribution in [2.45, 2.75) is 40.0 Å². The summed E-state index contributed by atoms with van der Waals surface area (Å²) in [5.41, 5.74) is 4.36. The molecule has 0 aromatic heterocycles. The topological polar surface area (TPSA) is 34.1 Å². The van der Waals surface area contributed by atoms with Gasteiger partial charge in [-0.1, -0.05) is 26.0 Å². The van der Waals surface area contributed by atoms with Crippen LogP contribution >= 0.6 is 0 Å². The Kier molecular flexibility index (Phi) is 7.86. The average molecular weight is 369 g/mol. The smallest absolute Gasteiger partial charge is 0.130 e. The van der Waals surface area contributed by atoms with E-state index < -0.39 is 0 Å². The van der Waals surface area contributed by atoms with E-state index in [1.54, 1.807) is 7.11 Å². The molecule has 0 aliphatic rings. The number of ether oxygens (including phenoxy) is 2. The van der Waals surface area contributed by atoms with Crippen molar-refractivity contribution in [3.8, 4) is 11.5 Å². The van der Waals surface area contributed by atoms with Crippen LogP contribution in [-0.4, -0.2) is 38.5 Å². The van der Waals surface area contributed by atoms with Crippen molar-refractivity contribution in [3.63, 3.8) is 0 Å². The molecule has 0 spiro atoms. The van der Waals surface area contributed by atoms with Gasteiger partial charge >= 0.3 is 0 Å². The molecule has 1 unspecified atom stereocenters. The van der Waals surface area contributed by atoms with Crippen molar-refractivity contribution in [1.29, 1.82) is 0 Å². The highest BCUT2D eigenvalue weighted by molar-refractivity contribution is 5.64. The van der Waals surface area contributed by atoms with Gasteiger partial charge in [-0.25, -0.2) is 4.99 Å². The molecule has 0 N–H and O–H groups in total. The van der Waals surface area contributed by atoms with E-state index in [1.165, 1.54) is 5.56 Å². The van der Waals surface area contributed by atoms with Crippen LogP contribution in [0.4, 0.5) is 5.69 Å². The monoisotopic (exact) mass is 368 g/mol. The lowest BCUT2D eigenvalue weighted by atomic mass is 10.0. The summed E-state index contributed by atoms with van der Waals surface area (Å²) in [7, 11) is 3.78. The molecule has 4 nitrogen and oxygen atoms in total. The van der Waals surface area contributed by atoms with Gasteiger partial charge in [-0.2, -0.15) is 0 Å². The molecule has 0 radical (unpaired) electrons. The highest BCUT2D eigenvalue weighted by atomic mass is 16.5. The minimum atomic E-state index is 0.332. The van der Waals surface area contributed by atoms with Crippen LogP contribution in [0.25, 0.3) is 0 Å². The third-order valence-corrected chi connectivity index (χ3v) is 4.54. The summed E-state index contributed by atoms with van der Waals surface area (Å²) in [6.45, 7) is 10.1. The number of aliphatic imine (C=N–C) groups is 1. The molecule has 27 heavy (non-hydrogen) atoms. The molecule has 1 atom stereocenters. The average Bonchev–Trinajstić information content (AvgIpc) is 2.64. The second-order valence-electron chi connectivity index (χ2n) is 7.16. The Bertz CT molecular complexity index is 771. The summed E-state index contributed by atoms with van der Waals surface area (Å²) in [4.78, 5) is 6.73. The zero-order valence-corrected chi connectivity index (χ0v) is 17.5. The maximum atomic E-state index is 6.17. The van der Waals surface area contributed by atoms with Gasteiger partial charge in [0.15, 0.2) is 0 Å². The molecule has 0 bridgehead atoms. The minimum Gasteiger partial charge on any atom is -0.457 e. The molecule has 2 aromatic rings. The second kappa shape index (κ2) is 10.1. The summed E-state index contributed by atoms with van der Waals surface area (Å²) in [5.74, 6) is 2.04. The lowest BCUT2D eigenvalue weighted by Crippen LogP contribution is -2.16. The summed E-state index contributed by atoms with van der Waals surface area (Å²) in [5, 5.41) is 0. The van der Waals surface area contributed by atoms with Gasteiger partial charge in [0, 0.05) is 26.6 Å². The van der Waals surface area contributed by atoms with Gasteiger partial charge < -0.3 is 14.4 Å². The van der Waals surface area contributed by atoms with Crippen LogP contribution in [0.15, 0.2) is 41.4 Å². The maximum absolute atomic E-state index is 6.17. The summed E-state index contributed by atoms with van der Waals surface area (Å²) in [6, 6.07) is 12.4. The number of nitrogens with zero attached hydrogens (tertiary/aromatic N) is 2. The number of hydrogen-bond acceptors (Lipinski definition) is 3. The van der Waals surface area contributed by atoms with Crippen molar-refractivity contribution >= 4 is 12.0 Å². The second-order valence-corrected chi connectivity index (χ2v) is 7.16. The Morgan fingerprint density at radius 2 is 1.93 bits per heavy atom. The molecule has 0 amide bonds. The Balaban J connectivity index is 2.18. The Labute approximate surface area is 163 Å². The van der Waals surface area contributed by atoms with Crippen LogP contribution in [-0.2, 0) is 4.74 Å². The first-order valence-electron chi connectivity index (χ1n) is 9.57. The van der Waals surface area contributed by atoms with Gasteiger partial charge in [0.1, 0.15) is 11.5 Å². The molecule has 0 saturated heterocycles. The fourth-order valence-corrected chi connectivity index (χ4v) is 2.95. The van der Waals surface area contributed by atoms with E-state index in [-0.39, 0.29) is 0 Å². The summed E-state index contributed by atoms with van der Waals surface area (Å²) >= 11 is 0. The standard InChI is InChI=1S/C23H32N2O2/c1-7-11-25(5)16-24-22-12-18(3)23(13-17(22)2)27-21-10-8-9-20(14-21)19(4)15-26-6/h8-10,12-14,16,19H,7,11,15H2,1-6H3. The van der Waals surface area contributed by atoms with Crippen molar-refractivity contribution in [3.05, 3.63) is 53.1 Å². The Hall–Kier alpha value is -2.33. The number of methoxy groups -OCH3 is 1. The molecule has 2 aromatic carbocycles. The first-order chi connectivity index (χ1) is 12.9. The number of hydrogen-bond donors (Lipinski definition) is 0. The van der Waals surface area contributed by atoms with Gasteiger partial charge in [0.05, 0.1) is 18.6 Å². The van der Waals surface area contributed by atoms with E-state index >= 15 is 0 Å². The summed E-state index contributed by atoms with van der Waals surface area (Å²) in [6.07, 6.45) is 3.00. The zero-order valence-electron chi connectivity index (χ0n) is 17.5. The van der Waals surface area contributed by atoms with Crippen molar-refractivity contribution < 1.29 is 9.47 Å². The van der Waals surface area contributed by atoms with E-state index in [4.69, 9.17) is 9.47 Å². The lowest BCUT2D eigenvalue weighted by molar-refractivity contribution is 0.184. The predicted molar refractivity (Wildman–Crippen MR) is 114 cm³/mol. The Morgan fingerprint density at radius 3 is 2.63 bits per heavy atom. The molecular weight excluding hydrogens is 336 g/mol. The third-order valence-electron chi connectivity index (χ3n) is 4.54. The minimum absolute atomic E-state index is 0.332. The van der Waals surface area contributed by atoms with Crippen molar-refractivity contribution in [2.75, 3.05) is 27.3 Å². The molecule has 146 valence electrons. The highest BCUT2D eigenvalue weighted by Crippen LogP contribution is 2.32. The predicted octanol–water partition coefficient (Wildman–Crippen LogP) is 5.85. The van der Waals surface area contributed by atoms with Crippen molar-refractivity contribution in [1.82, 2.24) is 4.90 Å². The normalized spacial score (nSPS) is 12.4. The molecule has 0 aliphatic heterocycles. The molecule has 4 heteroatoms. The molecule has 0 heterocycles. The lowest BCUT2D eigenvalue weighted by Gasteiger charge is -2.15.